The Bertz CT molecular complexity index is 298. The van der Waals surface area contributed by atoms with Gasteiger partial charge < -0.3 is 10.7 Å². The van der Waals surface area contributed by atoms with Crippen LogP contribution >= 0.6 is 22.7 Å². The number of nitrogens with zero attached hydrogens (tertiary/aromatic N) is 1. The first-order valence-corrected chi connectivity index (χ1v) is 4.11. The van der Waals surface area contributed by atoms with Crippen molar-refractivity contribution in [2.45, 2.75) is 0 Å². The predicted molar refractivity (Wildman–Crippen MR) is 41.5 cm³/mol. The summed E-state index contributed by atoms with van der Waals surface area (Å²) in [7, 11) is 0. The number of hydrogen-bond donors (Lipinski definition) is 0. The summed E-state index contributed by atoms with van der Waals surface area (Å²) >= 11 is 3.01. The van der Waals surface area contributed by atoms with E-state index in [-0.39, 0.29) is 31.1 Å². The van der Waals surface area contributed by atoms with Crippen molar-refractivity contribution in [3.63, 3.8) is 0 Å². The topological polar surface area (TPSA) is 36.7 Å². The third-order valence-corrected chi connectivity index (χ3v) is 2.79. The zero-order chi connectivity index (χ0) is 6.27. The van der Waals surface area contributed by atoms with Gasteiger partial charge in [-0.05, 0) is 16.6 Å². The first-order valence-electron chi connectivity index (χ1n) is 2.42. The van der Waals surface area contributed by atoms with Crippen LogP contribution in [0.1, 0.15) is 0 Å². The van der Waals surface area contributed by atoms with E-state index in [4.69, 9.17) is 5.73 Å². The molecule has 2 heterocycles. The number of fused-ring (bicyclic) bond motifs is 1. The van der Waals surface area contributed by atoms with Crippen LogP contribution in [0.4, 0.5) is 5.13 Å². The van der Waals surface area contributed by atoms with Crippen molar-refractivity contribution >= 4 is 37.3 Å². The summed E-state index contributed by atoms with van der Waals surface area (Å²) in [6.07, 6.45) is 0. The molecule has 0 aliphatic rings. The second-order valence-corrected chi connectivity index (χ2v) is 3.53. The quantitative estimate of drug-likeness (QED) is 0.678. The van der Waals surface area contributed by atoms with Crippen molar-refractivity contribution < 1.29 is 31.1 Å². The molecule has 2 rings (SSSR count). The van der Waals surface area contributed by atoms with E-state index in [1.165, 1.54) is 11.3 Å². The summed E-state index contributed by atoms with van der Waals surface area (Å²) in [6.45, 7) is 0. The standard InChI is InChI=1S/C5H3N2S2.U/c6-5-7-4-3(9-5)1-2-8-4;/h1-2H,(H-,6,7);/q-1;. The third kappa shape index (κ3) is 1.37. The molecule has 1 N–H and O–H groups in total. The van der Waals surface area contributed by atoms with Gasteiger partial charge in [0.1, 0.15) is 0 Å². The van der Waals surface area contributed by atoms with Gasteiger partial charge in [0.05, 0.1) is 0 Å². The van der Waals surface area contributed by atoms with E-state index in [1.54, 1.807) is 11.3 Å². The van der Waals surface area contributed by atoms with Gasteiger partial charge in [-0.2, -0.15) is 0 Å². The molecule has 2 aromatic heterocycles. The van der Waals surface area contributed by atoms with E-state index in [1.807, 2.05) is 11.4 Å². The maximum absolute atomic E-state index is 7.15. The van der Waals surface area contributed by atoms with Gasteiger partial charge in [0, 0.05) is 40.6 Å². The number of nitrogens with one attached hydrogen (secondary N) is 1. The Morgan fingerprint density at radius 2 is 2.30 bits per heavy atom. The molecular formula is C5H3N2S2U-. The van der Waals surface area contributed by atoms with Crippen LogP contribution in [0.15, 0.2) is 11.4 Å². The van der Waals surface area contributed by atoms with E-state index < -0.39 is 0 Å². The maximum atomic E-state index is 7.15. The molecule has 0 atom stereocenters. The maximum Gasteiger partial charge on any atom is 0.0409 e. The average Bonchev–Trinajstić information content (AvgIpc) is 2.22. The van der Waals surface area contributed by atoms with Crippen molar-refractivity contribution in [3.8, 4) is 0 Å². The summed E-state index contributed by atoms with van der Waals surface area (Å²) in [6, 6.07) is 2.00. The van der Waals surface area contributed by atoms with Gasteiger partial charge in [-0.15, -0.1) is 22.7 Å². The molecule has 0 aliphatic carbocycles. The van der Waals surface area contributed by atoms with E-state index in [9.17, 15) is 0 Å². The van der Waals surface area contributed by atoms with Crippen molar-refractivity contribution in [2.75, 3.05) is 0 Å². The molecule has 0 radical (unpaired) electrons. The molecular weight excluding hydrogens is 390 g/mol. The summed E-state index contributed by atoms with van der Waals surface area (Å²) in [5, 5.41) is 2.41. The minimum atomic E-state index is 0. The van der Waals surface area contributed by atoms with E-state index in [2.05, 4.69) is 4.98 Å². The van der Waals surface area contributed by atoms with Crippen LogP contribution in [-0.4, -0.2) is 4.98 Å². The minimum Gasteiger partial charge on any atom is -0.473 e. The van der Waals surface area contributed by atoms with Gasteiger partial charge >= 0.3 is 0 Å². The molecule has 0 saturated heterocycles. The number of aromatic nitrogens is 1. The zero-order valence-electron chi connectivity index (χ0n) is 4.92. The molecule has 5 heteroatoms. The minimum absolute atomic E-state index is 0. The van der Waals surface area contributed by atoms with Crippen LogP contribution < -0.4 is 0 Å². The molecule has 2 aromatic rings. The van der Waals surface area contributed by atoms with Crippen LogP contribution in [0.3, 0.4) is 0 Å². The molecule has 0 fully saturated rings. The molecule has 0 saturated carbocycles. The fourth-order valence-electron chi connectivity index (χ4n) is 0.668. The summed E-state index contributed by atoms with van der Waals surface area (Å²) in [5.74, 6) is 0. The molecule has 0 amide bonds. The monoisotopic (exact) mass is 393 g/mol. The van der Waals surface area contributed by atoms with Gasteiger partial charge in [-0.25, -0.2) is 0 Å². The Kier molecular flexibility index (Phi) is 2.75. The second-order valence-electron chi connectivity index (χ2n) is 1.61. The number of hydrogen-bond acceptors (Lipinski definition) is 3. The molecule has 0 spiro atoms. The smallest absolute Gasteiger partial charge is 0.0409 e. The fraction of sp³-hybridized carbons (Fsp3) is 0. The normalized spacial score (nSPS) is 9.60. The third-order valence-electron chi connectivity index (χ3n) is 1.02. The van der Waals surface area contributed by atoms with Crippen LogP contribution in [0, 0.1) is 31.1 Å². The molecule has 50 valence electrons. The number of thiazole rings is 1. The van der Waals surface area contributed by atoms with Crippen molar-refractivity contribution in [1.29, 1.82) is 0 Å². The molecule has 0 bridgehead atoms. The van der Waals surface area contributed by atoms with E-state index >= 15 is 0 Å². The molecule has 0 aliphatic heterocycles. The average molecular weight is 393 g/mol. The zero-order valence-corrected chi connectivity index (χ0v) is 10.7. The number of rotatable bonds is 0. The van der Waals surface area contributed by atoms with Crippen molar-refractivity contribution in [2.24, 2.45) is 0 Å². The second kappa shape index (κ2) is 3.23. The van der Waals surface area contributed by atoms with Crippen LogP contribution in [-0.2, 0) is 0 Å². The Morgan fingerprint density at radius 1 is 1.50 bits per heavy atom. The Labute approximate surface area is 89.8 Å². The summed E-state index contributed by atoms with van der Waals surface area (Å²) in [5.41, 5.74) is 7.15. The number of thiophene rings is 1. The summed E-state index contributed by atoms with van der Waals surface area (Å²) in [4.78, 5) is 4.97. The van der Waals surface area contributed by atoms with E-state index in [0.717, 1.165) is 9.53 Å². The summed E-state index contributed by atoms with van der Waals surface area (Å²) < 4.78 is 1.13. The van der Waals surface area contributed by atoms with Crippen LogP contribution in [0.5, 0.6) is 0 Å². The Morgan fingerprint density at radius 3 is 3.00 bits per heavy atom. The van der Waals surface area contributed by atoms with Crippen LogP contribution in [0.25, 0.3) is 15.3 Å². The fourth-order valence-corrected chi connectivity index (χ4v) is 2.36. The Balaban J connectivity index is 0.000000500. The molecule has 0 unspecified atom stereocenters. The molecule has 10 heavy (non-hydrogen) atoms. The van der Waals surface area contributed by atoms with Crippen molar-refractivity contribution in [3.05, 3.63) is 17.2 Å². The van der Waals surface area contributed by atoms with Gasteiger partial charge in [-0.3, -0.25) is 0 Å². The largest absolute Gasteiger partial charge is 0.473 e. The first-order chi connectivity index (χ1) is 4.36. The predicted octanol–water partition coefficient (Wildman–Crippen LogP) is 3.04. The van der Waals surface area contributed by atoms with Crippen LogP contribution in [0.2, 0.25) is 0 Å². The van der Waals surface area contributed by atoms with E-state index in [0.29, 0.717) is 5.13 Å². The van der Waals surface area contributed by atoms with Gasteiger partial charge in [-0.1, -0.05) is 0 Å². The Hall–Kier alpha value is 0.442. The first kappa shape index (κ1) is 8.54. The molecule has 0 aromatic carbocycles. The van der Waals surface area contributed by atoms with Gasteiger partial charge in [0.2, 0.25) is 0 Å². The molecule has 2 nitrogen and oxygen atoms in total. The van der Waals surface area contributed by atoms with Crippen molar-refractivity contribution in [1.82, 2.24) is 4.98 Å². The SMILES string of the molecule is [NH-]c1nc2sccc2s1.[U]. The van der Waals surface area contributed by atoms with Gasteiger partial charge in [0.25, 0.3) is 0 Å². The van der Waals surface area contributed by atoms with Gasteiger partial charge in [0.15, 0.2) is 0 Å².